The van der Waals surface area contributed by atoms with Crippen LogP contribution in [0.1, 0.15) is 12.0 Å². The summed E-state index contributed by atoms with van der Waals surface area (Å²) in [5, 5.41) is 3.85. The number of halogens is 2. The van der Waals surface area contributed by atoms with Gasteiger partial charge >= 0.3 is 0 Å². The summed E-state index contributed by atoms with van der Waals surface area (Å²) in [5.74, 6) is -0.192. The summed E-state index contributed by atoms with van der Waals surface area (Å²) in [5.41, 5.74) is 0.444. The Labute approximate surface area is 117 Å². The van der Waals surface area contributed by atoms with Crippen LogP contribution in [0.25, 0.3) is 0 Å². The molecule has 7 heteroatoms. The zero-order chi connectivity index (χ0) is 13.2. The topological polar surface area (TPSA) is 58.2 Å². The fraction of sp³-hybridized carbons (Fsp3) is 0.455. The minimum atomic E-state index is -3.42. The number of sulfonamides is 1. The Morgan fingerprint density at radius 1 is 1.33 bits per heavy atom. The van der Waals surface area contributed by atoms with Gasteiger partial charge in [-0.1, -0.05) is 29.3 Å². The Bertz CT molecular complexity index is 508. The van der Waals surface area contributed by atoms with Gasteiger partial charge in [-0.15, -0.1) is 0 Å². The van der Waals surface area contributed by atoms with E-state index in [4.69, 9.17) is 23.2 Å². The summed E-state index contributed by atoms with van der Waals surface area (Å²) >= 11 is 11.9. The van der Waals surface area contributed by atoms with Gasteiger partial charge in [-0.05, 0) is 25.1 Å². The van der Waals surface area contributed by atoms with Gasteiger partial charge in [-0.3, -0.25) is 0 Å². The van der Waals surface area contributed by atoms with E-state index in [1.165, 1.54) is 0 Å². The summed E-state index contributed by atoms with van der Waals surface area (Å²) in [6.07, 6.45) is 0.801. The normalized spacial score (nSPS) is 20.2. The van der Waals surface area contributed by atoms with E-state index in [1.807, 2.05) is 0 Å². The molecule has 4 nitrogen and oxygen atoms in total. The molecule has 0 spiro atoms. The maximum absolute atomic E-state index is 12.0. The Balaban J connectivity index is 2.12. The van der Waals surface area contributed by atoms with Crippen LogP contribution in [0.4, 0.5) is 0 Å². The summed E-state index contributed by atoms with van der Waals surface area (Å²) < 4.78 is 26.7. The molecule has 0 bridgehead atoms. The first-order valence-electron chi connectivity index (χ1n) is 5.61. The summed E-state index contributed by atoms with van der Waals surface area (Å²) in [4.78, 5) is 0. The Kier molecular flexibility index (Phi) is 4.50. The van der Waals surface area contributed by atoms with Crippen molar-refractivity contribution in [3.8, 4) is 0 Å². The molecule has 0 saturated carbocycles. The minimum Gasteiger partial charge on any atom is -0.315 e. The van der Waals surface area contributed by atoms with Gasteiger partial charge in [-0.2, -0.15) is 0 Å². The zero-order valence-electron chi connectivity index (χ0n) is 9.62. The molecule has 1 heterocycles. The Morgan fingerprint density at radius 2 is 2.00 bits per heavy atom. The maximum atomic E-state index is 12.0. The highest BCUT2D eigenvalue weighted by molar-refractivity contribution is 7.88. The molecule has 0 radical (unpaired) electrons. The number of hydrogen-bond donors (Lipinski definition) is 2. The average molecular weight is 309 g/mol. The number of hydrogen-bond acceptors (Lipinski definition) is 3. The molecule has 2 rings (SSSR count). The third-order valence-electron chi connectivity index (χ3n) is 2.80. The second-order valence-corrected chi connectivity index (χ2v) is 6.84. The van der Waals surface area contributed by atoms with E-state index in [2.05, 4.69) is 10.0 Å². The molecular formula is C11H14Cl2N2O2S. The summed E-state index contributed by atoms with van der Waals surface area (Å²) in [6.45, 7) is 1.50. The summed E-state index contributed by atoms with van der Waals surface area (Å²) in [7, 11) is -3.42. The van der Waals surface area contributed by atoms with Crippen molar-refractivity contribution in [3.63, 3.8) is 0 Å². The molecular weight excluding hydrogens is 295 g/mol. The van der Waals surface area contributed by atoms with E-state index in [0.717, 1.165) is 13.0 Å². The van der Waals surface area contributed by atoms with Crippen LogP contribution in [0, 0.1) is 0 Å². The van der Waals surface area contributed by atoms with E-state index in [-0.39, 0.29) is 11.8 Å². The van der Waals surface area contributed by atoms with Crippen LogP contribution in [0.2, 0.25) is 10.0 Å². The van der Waals surface area contributed by atoms with E-state index < -0.39 is 10.0 Å². The van der Waals surface area contributed by atoms with Crippen molar-refractivity contribution in [1.29, 1.82) is 0 Å². The predicted molar refractivity (Wildman–Crippen MR) is 73.5 cm³/mol. The van der Waals surface area contributed by atoms with Crippen molar-refractivity contribution >= 4 is 33.2 Å². The fourth-order valence-electron chi connectivity index (χ4n) is 1.91. The van der Waals surface area contributed by atoms with Crippen molar-refractivity contribution in [2.75, 3.05) is 13.1 Å². The van der Waals surface area contributed by atoms with Crippen molar-refractivity contribution in [2.24, 2.45) is 0 Å². The number of rotatable bonds is 4. The third kappa shape index (κ3) is 3.59. The molecule has 1 atom stereocenters. The lowest BCUT2D eigenvalue weighted by molar-refractivity contribution is 0.559. The van der Waals surface area contributed by atoms with Gasteiger partial charge in [0.2, 0.25) is 10.0 Å². The Morgan fingerprint density at radius 3 is 2.56 bits per heavy atom. The maximum Gasteiger partial charge on any atom is 0.216 e. The van der Waals surface area contributed by atoms with Crippen LogP contribution < -0.4 is 10.0 Å². The van der Waals surface area contributed by atoms with E-state index in [0.29, 0.717) is 22.2 Å². The summed E-state index contributed by atoms with van der Waals surface area (Å²) in [6, 6.07) is 4.91. The van der Waals surface area contributed by atoms with Crippen LogP contribution in [0.15, 0.2) is 18.2 Å². The molecule has 1 aliphatic rings. The Hall–Kier alpha value is -0.330. The first kappa shape index (κ1) is 14.1. The minimum absolute atomic E-state index is 0.0451. The molecule has 1 aromatic carbocycles. The van der Waals surface area contributed by atoms with E-state index in [9.17, 15) is 8.42 Å². The molecule has 0 amide bonds. The molecule has 1 unspecified atom stereocenters. The van der Waals surface area contributed by atoms with Gasteiger partial charge in [0.15, 0.2) is 0 Å². The van der Waals surface area contributed by atoms with Crippen LogP contribution >= 0.6 is 23.2 Å². The largest absolute Gasteiger partial charge is 0.315 e. The highest BCUT2D eigenvalue weighted by Gasteiger charge is 2.22. The number of nitrogens with one attached hydrogen (secondary N) is 2. The first-order valence-corrected chi connectivity index (χ1v) is 8.02. The van der Waals surface area contributed by atoms with Gasteiger partial charge in [-0.25, -0.2) is 13.1 Å². The molecule has 2 N–H and O–H groups in total. The standard InChI is InChI=1S/C11H14Cl2N2O2S/c12-10-2-1-3-11(13)9(10)7-18(16,17)15-8-4-5-14-6-8/h1-3,8,14-15H,4-7H2. The highest BCUT2D eigenvalue weighted by atomic mass is 35.5. The van der Waals surface area contributed by atoms with Gasteiger partial charge in [0.1, 0.15) is 0 Å². The molecule has 1 fully saturated rings. The highest BCUT2D eigenvalue weighted by Crippen LogP contribution is 2.26. The molecule has 1 aliphatic heterocycles. The van der Waals surface area contributed by atoms with Gasteiger partial charge < -0.3 is 5.32 Å². The SMILES string of the molecule is O=S(=O)(Cc1c(Cl)cccc1Cl)NC1CCNC1. The van der Waals surface area contributed by atoms with E-state index >= 15 is 0 Å². The first-order chi connectivity index (χ1) is 8.48. The second kappa shape index (κ2) is 5.75. The van der Waals surface area contributed by atoms with Gasteiger partial charge in [0.05, 0.1) is 5.75 Å². The lowest BCUT2D eigenvalue weighted by atomic mass is 10.2. The van der Waals surface area contributed by atoms with Crippen molar-refractivity contribution in [1.82, 2.24) is 10.0 Å². The van der Waals surface area contributed by atoms with Gasteiger partial charge in [0.25, 0.3) is 0 Å². The van der Waals surface area contributed by atoms with Crippen LogP contribution in [0.5, 0.6) is 0 Å². The fourth-order valence-corrected chi connectivity index (χ4v) is 4.08. The molecule has 0 aromatic heterocycles. The lowest BCUT2D eigenvalue weighted by Crippen LogP contribution is -2.37. The van der Waals surface area contributed by atoms with Crippen LogP contribution in [-0.2, 0) is 15.8 Å². The predicted octanol–water partition coefficient (Wildman–Crippen LogP) is 1.77. The quantitative estimate of drug-likeness (QED) is 0.891. The molecule has 1 saturated heterocycles. The molecule has 0 aliphatic carbocycles. The zero-order valence-corrected chi connectivity index (χ0v) is 11.9. The second-order valence-electron chi connectivity index (χ2n) is 4.27. The monoisotopic (exact) mass is 308 g/mol. The smallest absolute Gasteiger partial charge is 0.216 e. The van der Waals surface area contributed by atoms with E-state index in [1.54, 1.807) is 18.2 Å². The van der Waals surface area contributed by atoms with Crippen molar-refractivity contribution in [2.45, 2.75) is 18.2 Å². The average Bonchev–Trinajstić information content (AvgIpc) is 2.75. The third-order valence-corrected chi connectivity index (χ3v) is 4.87. The van der Waals surface area contributed by atoms with Crippen LogP contribution in [-0.4, -0.2) is 27.5 Å². The number of benzene rings is 1. The molecule has 18 heavy (non-hydrogen) atoms. The van der Waals surface area contributed by atoms with Gasteiger partial charge in [0, 0.05) is 28.2 Å². The lowest BCUT2D eigenvalue weighted by Gasteiger charge is -2.13. The van der Waals surface area contributed by atoms with Crippen molar-refractivity contribution in [3.05, 3.63) is 33.8 Å². The van der Waals surface area contributed by atoms with Crippen molar-refractivity contribution < 1.29 is 8.42 Å². The molecule has 1 aromatic rings. The molecule has 100 valence electrons. The van der Waals surface area contributed by atoms with Crippen LogP contribution in [0.3, 0.4) is 0 Å².